The molecule has 1 aliphatic heterocycles. The minimum Gasteiger partial charge on any atom is -0.850 e. The van der Waals surface area contributed by atoms with Gasteiger partial charge in [-0.15, -0.1) is 0 Å². The van der Waals surface area contributed by atoms with E-state index in [9.17, 15) is 24.0 Å². The molecular formula is C98H150N13O15P. The number of hydrogen-bond donors (Lipinski definition) is 6. The molecule has 13 atom stereocenters. The summed E-state index contributed by atoms with van der Waals surface area (Å²) in [6, 6.07) is 23.7. The van der Waals surface area contributed by atoms with Gasteiger partial charge in [0, 0.05) is 80.8 Å². The lowest BCUT2D eigenvalue weighted by molar-refractivity contribution is -0.439. The van der Waals surface area contributed by atoms with Crippen molar-refractivity contribution in [2.24, 2.45) is 41.4 Å². The number of nitrogens with zero attached hydrogens (tertiary/aromatic N) is 7. The van der Waals surface area contributed by atoms with Crippen LogP contribution >= 0.6 is 7.26 Å². The molecule has 0 saturated carbocycles. The quantitative estimate of drug-likeness (QED) is 0.0151. The van der Waals surface area contributed by atoms with Crippen LogP contribution in [-0.2, 0) is 68.7 Å². The Labute approximate surface area is 757 Å². The van der Waals surface area contributed by atoms with E-state index in [2.05, 4.69) is 105 Å². The van der Waals surface area contributed by atoms with Crippen LogP contribution in [0.25, 0.3) is 0 Å². The fourth-order valence-electron chi connectivity index (χ4n) is 16.5. The maximum Gasteiger partial charge on any atom is 0.251 e. The highest BCUT2D eigenvalue weighted by Crippen LogP contribution is 2.56. The Kier molecular flexibility index (Phi) is 44.0. The summed E-state index contributed by atoms with van der Waals surface area (Å²) in [5.74, 6) is -11.6. The molecule has 1 saturated heterocycles. The van der Waals surface area contributed by atoms with Crippen LogP contribution in [0.5, 0.6) is 0 Å². The van der Waals surface area contributed by atoms with Gasteiger partial charge in [0.2, 0.25) is 70.9 Å². The van der Waals surface area contributed by atoms with Gasteiger partial charge in [0.1, 0.15) is 83.6 Å². The number of carbonyl (C=O) groups excluding carboxylic acids is 13. The predicted molar refractivity (Wildman–Crippen MR) is 500 cm³/mol. The van der Waals surface area contributed by atoms with Crippen molar-refractivity contribution in [3.8, 4) is 0 Å². The van der Waals surface area contributed by atoms with Crippen LogP contribution < -0.4 is 52.9 Å². The third-order valence-corrected chi connectivity index (χ3v) is 28.6. The molecule has 0 aliphatic carbocycles. The highest BCUT2D eigenvalue weighted by atomic mass is 31.2. The normalized spacial score (nSPS) is 22.4. The molecule has 1 unspecified atom stereocenters. The largest absolute Gasteiger partial charge is 0.850 e. The Hall–Kier alpha value is -9.92. The molecule has 6 N–H and O–H groups in total. The van der Waals surface area contributed by atoms with E-state index >= 15 is 43.5 Å². The molecule has 5 rings (SSSR count). The zero-order chi connectivity index (χ0) is 95.0. The monoisotopic (exact) mass is 1780 g/mol. The van der Waals surface area contributed by atoms with Gasteiger partial charge in [-0.25, -0.2) is 0 Å². The Balaban J connectivity index is 1.49. The molecule has 4 aromatic carbocycles. The SMILES string of the molecule is C/C=C/C[C@@H](C)[C@@H]([O-])[C@H]1C(=O)N[C@@H](CC)C(=O)N(C)C(Cc2ccc(C(=O)NCCOCCNC(=O)CCCCC[P+](c3ccccc3)(c3ccccc3)c3ccccc3)cc2)C(=O)N(C)[C@@H](CC(C)C)C(=O)N[C@@H](C(C)C)C(=O)N(C)[C@@H](CC(C)C)C(=O)N[C@@H](C)C(=O)N[C@H](C)C(=O)N(C)[C@@H](CC(C)C)C(=O)N(C)[C@@H](CC(C)C)C(=O)N(C)[C@@H](C(C)C)C(=O)N1C. The summed E-state index contributed by atoms with van der Waals surface area (Å²) in [5.41, 5.74) is 0.711. The second kappa shape index (κ2) is 51.9. The summed E-state index contributed by atoms with van der Waals surface area (Å²) in [6.07, 6.45) is 5.76. The van der Waals surface area contributed by atoms with Gasteiger partial charge in [0.05, 0.1) is 25.4 Å². The first-order valence-corrected chi connectivity index (χ1v) is 47.5. The van der Waals surface area contributed by atoms with Crippen LogP contribution in [-0.4, -0.2) is 265 Å². The Morgan fingerprint density at radius 2 is 0.874 bits per heavy atom. The maximum absolute atomic E-state index is 15.9. The molecule has 0 aromatic heterocycles. The van der Waals surface area contributed by atoms with Crippen molar-refractivity contribution in [1.82, 2.24) is 66.2 Å². The number of carbonyl (C=O) groups is 13. The van der Waals surface area contributed by atoms with Gasteiger partial charge in [-0.05, 0) is 168 Å². The van der Waals surface area contributed by atoms with Crippen LogP contribution in [0, 0.1) is 41.4 Å². The van der Waals surface area contributed by atoms with Crippen LogP contribution in [0.2, 0.25) is 0 Å². The Morgan fingerprint density at radius 3 is 1.35 bits per heavy atom. The van der Waals surface area contributed by atoms with E-state index in [1.54, 1.807) is 84.9 Å². The lowest BCUT2D eigenvalue weighted by Crippen LogP contribution is -2.66. The molecule has 13 amide bonds. The smallest absolute Gasteiger partial charge is 0.251 e. The van der Waals surface area contributed by atoms with Crippen molar-refractivity contribution >= 4 is 100.0 Å². The van der Waals surface area contributed by atoms with Gasteiger partial charge in [-0.1, -0.05) is 188 Å². The number of ether oxygens (including phenoxy) is 1. The summed E-state index contributed by atoms with van der Waals surface area (Å²) in [4.78, 5) is 202. The van der Waals surface area contributed by atoms with E-state index in [0.717, 1.165) is 35.2 Å². The molecule has 1 aliphatic rings. The van der Waals surface area contributed by atoms with Gasteiger partial charge in [-0.2, -0.15) is 0 Å². The number of rotatable bonds is 33. The number of nitrogens with one attached hydrogen (secondary N) is 6. The second-order valence-corrected chi connectivity index (χ2v) is 40.4. The summed E-state index contributed by atoms with van der Waals surface area (Å²) >= 11 is 0. The number of benzene rings is 4. The van der Waals surface area contributed by atoms with E-state index in [4.69, 9.17) is 4.74 Å². The first-order chi connectivity index (χ1) is 59.9. The zero-order valence-corrected chi connectivity index (χ0v) is 81.0. The van der Waals surface area contributed by atoms with E-state index < -0.39 is 168 Å². The molecule has 702 valence electrons. The van der Waals surface area contributed by atoms with Crippen LogP contribution in [0.3, 0.4) is 0 Å². The average molecular weight is 1780 g/mol. The molecule has 0 spiro atoms. The summed E-state index contributed by atoms with van der Waals surface area (Å²) in [5, 5.41) is 36.1. The number of allylic oxidation sites excluding steroid dienone is 2. The Morgan fingerprint density at radius 1 is 0.449 bits per heavy atom. The summed E-state index contributed by atoms with van der Waals surface area (Å²) in [6.45, 7) is 30.3. The van der Waals surface area contributed by atoms with Crippen molar-refractivity contribution in [2.45, 2.75) is 261 Å². The number of hydrogen-bond acceptors (Lipinski definition) is 15. The molecule has 1 heterocycles. The molecular weight excluding hydrogens is 1630 g/mol. The lowest BCUT2D eigenvalue weighted by Gasteiger charge is -2.44. The number of amides is 13. The summed E-state index contributed by atoms with van der Waals surface area (Å²) in [7, 11) is 7.81. The highest BCUT2D eigenvalue weighted by molar-refractivity contribution is 7.95. The minimum atomic E-state index is -1.98. The van der Waals surface area contributed by atoms with Crippen molar-refractivity contribution < 1.29 is 72.2 Å². The fourth-order valence-corrected chi connectivity index (χ4v) is 20.9. The van der Waals surface area contributed by atoms with Crippen LogP contribution in [0.15, 0.2) is 127 Å². The molecule has 1 fully saturated rings. The third-order valence-electron chi connectivity index (χ3n) is 24.1. The molecule has 28 nitrogen and oxygen atoms in total. The van der Waals surface area contributed by atoms with Crippen LogP contribution in [0.4, 0.5) is 0 Å². The predicted octanol–water partition coefficient (Wildman–Crippen LogP) is 7.67. The Bertz CT molecular complexity index is 4170. The van der Waals surface area contributed by atoms with Crippen molar-refractivity contribution in [3.05, 3.63) is 139 Å². The average Bonchev–Trinajstić information content (AvgIpc) is 0.760. The number of likely N-dealkylation sites (N-methyl/N-ethyl adjacent to an activating group) is 7. The zero-order valence-electron chi connectivity index (χ0n) is 80.1. The van der Waals surface area contributed by atoms with Crippen molar-refractivity contribution in [2.75, 3.05) is 81.8 Å². The van der Waals surface area contributed by atoms with Gasteiger partial charge in [-0.3, -0.25) is 62.3 Å². The topological polar surface area (TPSA) is 349 Å². The summed E-state index contributed by atoms with van der Waals surface area (Å²) < 4.78 is 5.82. The van der Waals surface area contributed by atoms with Gasteiger partial charge < -0.3 is 76.0 Å². The molecule has 127 heavy (non-hydrogen) atoms. The lowest BCUT2D eigenvalue weighted by atomic mass is 9.91. The maximum atomic E-state index is 15.9. The first kappa shape index (κ1) is 108. The minimum absolute atomic E-state index is 0.0417. The number of unbranched alkanes of at least 4 members (excludes halogenated alkanes) is 2. The highest BCUT2D eigenvalue weighted by Gasteiger charge is 2.48. The van der Waals surface area contributed by atoms with Crippen molar-refractivity contribution in [3.63, 3.8) is 0 Å². The van der Waals surface area contributed by atoms with E-state index in [-0.39, 0.29) is 106 Å². The first-order valence-electron chi connectivity index (χ1n) is 45.5. The van der Waals surface area contributed by atoms with E-state index in [1.807, 2.05) is 73.6 Å². The van der Waals surface area contributed by atoms with Gasteiger partial charge >= 0.3 is 0 Å². The van der Waals surface area contributed by atoms with E-state index in [1.165, 1.54) is 104 Å². The van der Waals surface area contributed by atoms with E-state index in [0.29, 0.717) is 12.0 Å². The fraction of sp³-hybridized carbons (Fsp3) is 0.602. The van der Waals surface area contributed by atoms with Crippen molar-refractivity contribution in [1.29, 1.82) is 0 Å². The standard InChI is InChI=1S/C98H150N13O15P/c1-25-27-40-68(15)86(113)85-91(118)103-76(26-2)93(120)108(21)81(61-71-48-50-72(51-49-71)88(115)100-53-55-126-54-52-99-82(112)47-38-31-39-56-127(73-41-32-28-33-42-73,74-43-34-29-35-44-74)75-45-36-30-37-46-75)95(122)105(18)78(58-63(5)6)90(117)104-83(66(11)12)97(124)106(19)77(57-62(3)4)89(116)101-69(16)87(114)102-70(17)92(119)107(20)79(59-64(7)8)94(121)109(22)80(60-65(9)10)96(123)110(23)84(67(13)14)98(125)111(85)24/h25,27-30,32-37,41-46,48-51,62-70,76-81,83-86H,26,31,38-40,47,52-61H2,1-24H3,(H,99,112)(H,100,115)(H,101,116)(H,102,114)(H,103,118)(H,104,117)/b27-25+/t68-,69+,70-,76+,77+,78+,79+,80+,81?,83+,84+,85+,86-/m1/s1. The molecule has 29 heteroatoms. The van der Waals surface area contributed by atoms with Gasteiger partial charge in [0.25, 0.3) is 5.91 Å². The molecule has 0 bridgehead atoms. The molecule has 4 aromatic rings. The third kappa shape index (κ3) is 30.4. The molecule has 0 radical (unpaired) electrons. The van der Waals surface area contributed by atoms with Gasteiger partial charge in [0.15, 0.2) is 0 Å². The second-order valence-electron chi connectivity index (χ2n) is 36.8. The van der Waals surface area contributed by atoms with Crippen LogP contribution in [0.1, 0.15) is 198 Å².